The summed E-state index contributed by atoms with van der Waals surface area (Å²) in [5.74, 6) is 0.942. The SMILES string of the molecule is COc1ccc2c(c1)[C@]13CCN(C(C)=O)[C@H](C2)[C@]1(O)CCC(=O)C3. The number of piperidine rings is 1. The van der Waals surface area contributed by atoms with E-state index in [1.165, 1.54) is 0 Å². The molecular formula is C19H23NO4. The van der Waals surface area contributed by atoms with E-state index in [0.29, 0.717) is 38.6 Å². The Hall–Kier alpha value is -1.88. The molecule has 1 N–H and O–H groups in total. The number of nitrogens with zero attached hydrogens (tertiary/aromatic N) is 1. The van der Waals surface area contributed by atoms with E-state index < -0.39 is 11.0 Å². The molecule has 1 aliphatic heterocycles. The molecule has 128 valence electrons. The zero-order chi connectivity index (χ0) is 17.1. The Morgan fingerprint density at radius 1 is 1.38 bits per heavy atom. The topological polar surface area (TPSA) is 66.8 Å². The number of hydrogen-bond donors (Lipinski definition) is 1. The summed E-state index contributed by atoms with van der Waals surface area (Å²) < 4.78 is 5.38. The predicted octanol–water partition coefficient (Wildman–Crippen LogP) is 1.59. The van der Waals surface area contributed by atoms with Crippen molar-refractivity contribution in [3.63, 3.8) is 0 Å². The quantitative estimate of drug-likeness (QED) is 0.850. The maximum Gasteiger partial charge on any atom is 0.219 e. The van der Waals surface area contributed by atoms with Crippen molar-refractivity contribution in [3.05, 3.63) is 29.3 Å². The summed E-state index contributed by atoms with van der Waals surface area (Å²) >= 11 is 0. The fraction of sp³-hybridized carbons (Fsp3) is 0.579. The highest BCUT2D eigenvalue weighted by atomic mass is 16.5. The normalized spacial score (nSPS) is 34.4. The number of hydrogen-bond acceptors (Lipinski definition) is 4. The molecule has 2 fully saturated rings. The lowest BCUT2D eigenvalue weighted by molar-refractivity contribution is -0.179. The zero-order valence-corrected chi connectivity index (χ0v) is 14.2. The van der Waals surface area contributed by atoms with E-state index in [1.54, 1.807) is 18.9 Å². The first-order chi connectivity index (χ1) is 11.4. The van der Waals surface area contributed by atoms with E-state index in [4.69, 9.17) is 4.74 Å². The summed E-state index contributed by atoms with van der Waals surface area (Å²) in [4.78, 5) is 26.2. The van der Waals surface area contributed by atoms with Gasteiger partial charge in [-0.25, -0.2) is 0 Å². The van der Waals surface area contributed by atoms with Crippen molar-refractivity contribution in [2.75, 3.05) is 13.7 Å². The molecule has 1 heterocycles. The second kappa shape index (κ2) is 5.06. The highest BCUT2D eigenvalue weighted by Gasteiger charge is 2.65. The Morgan fingerprint density at radius 2 is 2.17 bits per heavy atom. The van der Waals surface area contributed by atoms with Gasteiger partial charge in [0.05, 0.1) is 18.8 Å². The van der Waals surface area contributed by atoms with Gasteiger partial charge < -0.3 is 14.7 Å². The number of carbonyl (C=O) groups excluding carboxylic acids is 2. The van der Waals surface area contributed by atoms with Crippen LogP contribution in [0.2, 0.25) is 0 Å². The third-order valence-electron chi connectivity index (χ3n) is 6.47. The lowest BCUT2D eigenvalue weighted by atomic mass is 9.49. The number of rotatable bonds is 1. The standard InChI is InChI=1S/C19H23NO4/c1-12(21)20-8-7-18-11-14(22)5-6-19(18,23)17(20)9-13-3-4-15(24-2)10-16(13)18/h3-4,10,17,23H,5-9,11H2,1-2H3/t17-,18-,19-/m1/s1. The molecule has 1 saturated heterocycles. The van der Waals surface area contributed by atoms with Crippen molar-refractivity contribution in [3.8, 4) is 5.75 Å². The minimum Gasteiger partial charge on any atom is -0.497 e. The monoisotopic (exact) mass is 329 g/mol. The maximum atomic E-state index is 12.3. The lowest BCUT2D eigenvalue weighted by Crippen LogP contribution is -2.73. The van der Waals surface area contributed by atoms with Crippen molar-refractivity contribution in [2.45, 2.75) is 56.1 Å². The number of amides is 1. The summed E-state index contributed by atoms with van der Waals surface area (Å²) in [7, 11) is 1.63. The van der Waals surface area contributed by atoms with E-state index in [2.05, 4.69) is 0 Å². The van der Waals surface area contributed by atoms with Crippen LogP contribution >= 0.6 is 0 Å². The summed E-state index contributed by atoms with van der Waals surface area (Å²) in [6, 6.07) is 5.67. The van der Waals surface area contributed by atoms with Crippen molar-refractivity contribution in [1.82, 2.24) is 4.90 Å². The van der Waals surface area contributed by atoms with Crippen molar-refractivity contribution in [2.24, 2.45) is 0 Å². The first kappa shape index (κ1) is 15.6. The first-order valence-electron chi connectivity index (χ1n) is 8.60. The summed E-state index contributed by atoms with van der Waals surface area (Å²) in [5, 5.41) is 11.7. The summed E-state index contributed by atoms with van der Waals surface area (Å²) in [5.41, 5.74) is 0.522. The van der Waals surface area contributed by atoms with Crippen LogP contribution in [-0.2, 0) is 21.4 Å². The van der Waals surface area contributed by atoms with Crippen molar-refractivity contribution >= 4 is 11.7 Å². The van der Waals surface area contributed by atoms with E-state index in [9.17, 15) is 14.7 Å². The number of ether oxygens (including phenoxy) is 1. The largest absolute Gasteiger partial charge is 0.497 e. The zero-order valence-electron chi connectivity index (χ0n) is 14.2. The van der Waals surface area contributed by atoms with E-state index in [1.807, 2.05) is 18.2 Å². The van der Waals surface area contributed by atoms with Crippen molar-refractivity contribution in [1.29, 1.82) is 0 Å². The molecule has 0 unspecified atom stereocenters. The van der Waals surface area contributed by atoms with Crippen LogP contribution in [0.4, 0.5) is 0 Å². The minimum atomic E-state index is -1.04. The Labute approximate surface area is 141 Å². The van der Waals surface area contributed by atoms with Gasteiger partial charge in [-0.2, -0.15) is 0 Å². The molecule has 3 atom stereocenters. The molecule has 5 heteroatoms. The number of carbonyl (C=O) groups is 2. The van der Waals surface area contributed by atoms with Crippen LogP contribution in [0, 0.1) is 0 Å². The molecule has 2 bridgehead atoms. The molecule has 1 amide bonds. The van der Waals surface area contributed by atoms with Crippen LogP contribution in [-0.4, -0.2) is 47.0 Å². The van der Waals surface area contributed by atoms with Gasteiger partial charge in [0, 0.05) is 31.7 Å². The summed E-state index contributed by atoms with van der Waals surface area (Å²) in [6.45, 7) is 2.15. The van der Waals surface area contributed by atoms with Gasteiger partial charge >= 0.3 is 0 Å². The van der Waals surface area contributed by atoms with E-state index >= 15 is 0 Å². The number of likely N-dealkylation sites (tertiary alicyclic amines) is 1. The third-order valence-corrected chi connectivity index (χ3v) is 6.47. The fourth-order valence-corrected chi connectivity index (χ4v) is 5.30. The molecule has 3 aliphatic rings. The number of benzene rings is 1. The van der Waals surface area contributed by atoms with E-state index in [-0.39, 0.29) is 17.7 Å². The maximum absolute atomic E-state index is 12.3. The van der Waals surface area contributed by atoms with Crippen LogP contribution in [0.15, 0.2) is 18.2 Å². The van der Waals surface area contributed by atoms with Crippen LogP contribution < -0.4 is 4.74 Å². The van der Waals surface area contributed by atoms with Gasteiger partial charge in [-0.1, -0.05) is 6.07 Å². The minimum absolute atomic E-state index is 0.00381. The second-order valence-corrected chi connectivity index (χ2v) is 7.43. The molecule has 1 saturated carbocycles. The molecule has 4 rings (SSSR count). The van der Waals surface area contributed by atoms with Crippen molar-refractivity contribution < 1.29 is 19.4 Å². The molecule has 0 spiro atoms. The smallest absolute Gasteiger partial charge is 0.219 e. The van der Waals surface area contributed by atoms with Crippen LogP contribution in [0.3, 0.4) is 0 Å². The fourth-order valence-electron chi connectivity index (χ4n) is 5.30. The van der Waals surface area contributed by atoms with Gasteiger partial charge in [0.1, 0.15) is 11.5 Å². The molecule has 1 aromatic carbocycles. The average molecular weight is 329 g/mol. The van der Waals surface area contributed by atoms with Gasteiger partial charge in [-0.3, -0.25) is 9.59 Å². The van der Waals surface area contributed by atoms with Gasteiger partial charge in [0.25, 0.3) is 0 Å². The number of aliphatic hydroxyl groups is 1. The molecule has 24 heavy (non-hydrogen) atoms. The highest BCUT2D eigenvalue weighted by Crippen LogP contribution is 2.57. The van der Waals surface area contributed by atoms with Crippen LogP contribution in [0.1, 0.15) is 43.7 Å². The Kier molecular flexibility index (Phi) is 3.29. The first-order valence-corrected chi connectivity index (χ1v) is 8.60. The number of ketones is 1. The van der Waals surface area contributed by atoms with Gasteiger partial charge in [-0.05, 0) is 42.5 Å². The lowest BCUT2D eigenvalue weighted by Gasteiger charge is -2.63. The Balaban J connectivity index is 1.94. The van der Waals surface area contributed by atoms with Gasteiger partial charge in [0.2, 0.25) is 5.91 Å². The highest BCUT2D eigenvalue weighted by molar-refractivity contribution is 5.83. The average Bonchev–Trinajstić information content (AvgIpc) is 2.55. The van der Waals surface area contributed by atoms with Gasteiger partial charge in [-0.15, -0.1) is 0 Å². The Bertz CT molecular complexity index is 730. The summed E-state index contributed by atoms with van der Waals surface area (Å²) in [6.07, 6.45) is 2.42. The second-order valence-electron chi connectivity index (χ2n) is 7.43. The Morgan fingerprint density at radius 3 is 2.88 bits per heavy atom. The molecule has 5 nitrogen and oxygen atoms in total. The molecular weight excluding hydrogens is 306 g/mol. The number of Topliss-reactive ketones (excluding diaryl/α,β-unsaturated/α-hetero) is 1. The number of fused-ring (bicyclic) bond motifs is 1. The third kappa shape index (κ3) is 1.85. The molecule has 1 aromatic rings. The van der Waals surface area contributed by atoms with E-state index in [0.717, 1.165) is 16.9 Å². The molecule has 0 radical (unpaired) electrons. The molecule has 0 aromatic heterocycles. The van der Waals surface area contributed by atoms with Crippen LogP contribution in [0.5, 0.6) is 5.75 Å². The van der Waals surface area contributed by atoms with Gasteiger partial charge in [0.15, 0.2) is 0 Å². The number of methoxy groups -OCH3 is 1. The predicted molar refractivity (Wildman–Crippen MR) is 88.0 cm³/mol. The van der Waals surface area contributed by atoms with Crippen LogP contribution in [0.25, 0.3) is 0 Å². The molecule has 2 aliphatic carbocycles.